The summed E-state index contributed by atoms with van der Waals surface area (Å²) >= 11 is 0. The van der Waals surface area contributed by atoms with Gasteiger partial charge in [-0.1, -0.05) is 12.1 Å². The molecule has 2 aliphatic heterocycles. The number of halogens is 1. The van der Waals surface area contributed by atoms with Gasteiger partial charge >= 0.3 is 0 Å². The molecule has 0 aromatic heterocycles. The maximum absolute atomic E-state index is 13.0. The van der Waals surface area contributed by atoms with Gasteiger partial charge in [-0.15, -0.1) is 0 Å². The van der Waals surface area contributed by atoms with E-state index in [0.29, 0.717) is 32.8 Å². The number of nitrogens with one attached hydrogen (secondary N) is 1. The summed E-state index contributed by atoms with van der Waals surface area (Å²) in [6, 6.07) is 5.94. The van der Waals surface area contributed by atoms with E-state index in [4.69, 9.17) is 9.47 Å². The summed E-state index contributed by atoms with van der Waals surface area (Å²) in [5.41, 5.74) is 0.889. The summed E-state index contributed by atoms with van der Waals surface area (Å²) in [5, 5.41) is 3.22. The lowest BCUT2D eigenvalue weighted by atomic mass is 10.1. The van der Waals surface area contributed by atoms with Crippen LogP contribution in [0.2, 0.25) is 0 Å². The number of hydrogen-bond donors (Lipinski definition) is 1. The lowest BCUT2D eigenvalue weighted by Gasteiger charge is -2.38. The number of morpholine rings is 2. The molecule has 1 N–H and O–H groups in total. The molecule has 2 heterocycles. The van der Waals surface area contributed by atoms with Gasteiger partial charge in [-0.05, 0) is 24.6 Å². The molecule has 2 saturated heterocycles. The van der Waals surface area contributed by atoms with Crippen LogP contribution in [0.1, 0.15) is 18.6 Å². The first kappa shape index (κ1) is 15.4. The minimum Gasteiger partial charge on any atom is -0.375 e. The molecule has 22 heavy (non-hydrogen) atoms. The highest BCUT2D eigenvalue weighted by Gasteiger charge is 2.34. The Hall–Kier alpha value is -1.50. The lowest BCUT2D eigenvalue weighted by molar-refractivity contribution is -0.147. The van der Waals surface area contributed by atoms with Crippen molar-refractivity contribution in [1.82, 2.24) is 10.2 Å². The van der Waals surface area contributed by atoms with Crippen LogP contribution in [0, 0.1) is 5.82 Å². The molecule has 1 aromatic carbocycles. The summed E-state index contributed by atoms with van der Waals surface area (Å²) in [5.74, 6) is -0.229. The maximum atomic E-state index is 13.0. The number of carbonyl (C=O) groups excluding carboxylic acids is 1. The molecule has 1 unspecified atom stereocenters. The van der Waals surface area contributed by atoms with E-state index in [-0.39, 0.29) is 30.0 Å². The molecule has 0 bridgehead atoms. The molecular weight excluding hydrogens is 287 g/mol. The molecule has 0 aliphatic carbocycles. The number of nitrogens with zero attached hydrogens (tertiary/aromatic N) is 1. The third kappa shape index (κ3) is 3.29. The largest absolute Gasteiger partial charge is 0.375 e. The fourth-order valence-electron chi connectivity index (χ4n) is 2.93. The van der Waals surface area contributed by atoms with Crippen LogP contribution in [-0.2, 0) is 14.3 Å². The first-order valence-electron chi connectivity index (χ1n) is 7.66. The van der Waals surface area contributed by atoms with E-state index in [1.54, 1.807) is 17.0 Å². The van der Waals surface area contributed by atoms with Gasteiger partial charge in [-0.3, -0.25) is 4.79 Å². The number of ether oxygens (including phenoxy) is 2. The highest BCUT2D eigenvalue weighted by Crippen LogP contribution is 2.23. The standard InChI is InChI=1S/C16H21FN2O3/c1-11-15(18-6-8-21-11)16(20)19-7-9-22-14(10-19)12-2-4-13(17)5-3-12/h2-5,11,14-15,18H,6-10H2,1H3/t11-,14?,15+/m1/s1. The van der Waals surface area contributed by atoms with Crippen LogP contribution in [-0.4, -0.2) is 55.8 Å². The van der Waals surface area contributed by atoms with E-state index in [9.17, 15) is 9.18 Å². The van der Waals surface area contributed by atoms with Gasteiger partial charge in [0.1, 0.15) is 18.0 Å². The average molecular weight is 308 g/mol. The number of amides is 1. The highest BCUT2D eigenvalue weighted by atomic mass is 19.1. The van der Waals surface area contributed by atoms with Gasteiger partial charge in [0.05, 0.1) is 25.9 Å². The molecule has 0 radical (unpaired) electrons. The van der Waals surface area contributed by atoms with Gasteiger partial charge in [0.15, 0.2) is 0 Å². The van der Waals surface area contributed by atoms with E-state index >= 15 is 0 Å². The Labute approximate surface area is 129 Å². The second kappa shape index (κ2) is 6.73. The first-order valence-corrected chi connectivity index (χ1v) is 7.66. The van der Waals surface area contributed by atoms with Gasteiger partial charge in [0.25, 0.3) is 0 Å². The van der Waals surface area contributed by atoms with Crippen molar-refractivity contribution in [3.63, 3.8) is 0 Å². The molecule has 6 heteroatoms. The zero-order chi connectivity index (χ0) is 15.5. The number of rotatable bonds is 2. The summed E-state index contributed by atoms with van der Waals surface area (Å²) in [7, 11) is 0. The van der Waals surface area contributed by atoms with Gasteiger partial charge in [-0.2, -0.15) is 0 Å². The summed E-state index contributed by atoms with van der Waals surface area (Å²) in [6.07, 6.45) is -0.341. The van der Waals surface area contributed by atoms with Crippen LogP contribution in [0.3, 0.4) is 0 Å². The smallest absolute Gasteiger partial charge is 0.242 e. The average Bonchev–Trinajstić information content (AvgIpc) is 2.55. The van der Waals surface area contributed by atoms with Crippen molar-refractivity contribution < 1.29 is 18.7 Å². The summed E-state index contributed by atoms with van der Waals surface area (Å²) in [6.45, 7) is 4.76. The fourth-order valence-corrected chi connectivity index (χ4v) is 2.93. The van der Waals surface area contributed by atoms with Crippen molar-refractivity contribution in [1.29, 1.82) is 0 Å². The van der Waals surface area contributed by atoms with Crippen molar-refractivity contribution >= 4 is 5.91 Å². The van der Waals surface area contributed by atoms with Crippen LogP contribution >= 0.6 is 0 Å². The van der Waals surface area contributed by atoms with Crippen LogP contribution in [0.4, 0.5) is 4.39 Å². The predicted molar refractivity (Wildman–Crippen MR) is 78.9 cm³/mol. The van der Waals surface area contributed by atoms with E-state index in [1.807, 2.05) is 6.92 Å². The molecule has 5 nitrogen and oxygen atoms in total. The Morgan fingerprint density at radius 2 is 2.05 bits per heavy atom. The van der Waals surface area contributed by atoms with Crippen molar-refractivity contribution in [3.8, 4) is 0 Å². The summed E-state index contributed by atoms with van der Waals surface area (Å²) < 4.78 is 24.3. The third-order valence-corrected chi connectivity index (χ3v) is 4.20. The third-order valence-electron chi connectivity index (χ3n) is 4.20. The minimum absolute atomic E-state index is 0.0441. The molecular formula is C16H21FN2O3. The Morgan fingerprint density at radius 1 is 1.27 bits per heavy atom. The van der Waals surface area contributed by atoms with Crippen LogP contribution < -0.4 is 5.32 Å². The first-order chi connectivity index (χ1) is 10.6. The van der Waals surface area contributed by atoms with E-state index in [1.165, 1.54) is 12.1 Å². The maximum Gasteiger partial charge on any atom is 0.242 e. The number of hydrogen-bond acceptors (Lipinski definition) is 4. The molecule has 2 aliphatic rings. The number of carbonyl (C=O) groups is 1. The van der Waals surface area contributed by atoms with Crippen molar-refractivity contribution in [2.75, 3.05) is 32.8 Å². The zero-order valence-electron chi connectivity index (χ0n) is 12.6. The lowest BCUT2D eigenvalue weighted by Crippen LogP contribution is -2.58. The van der Waals surface area contributed by atoms with Gasteiger partial charge in [0, 0.05) is 13.1 Å². The molecule has 120 valence electrons. The topological polar surface area (TPSA) is 50.8 Å². The molecule has 3 atom stereocenters. The number of benzene rings is 1. The summed E-state index contributed by atoms with van der Waals surface area (Å²) in [4.78, 5) is 14.5. The van der Waals surface area contributed by atoms with Crippen molar-refractivity contribution in [2.45, 2.75) is 25.2 Å². The van der Waals surface area contributed by atoms with E-state index in [0.717, 1.165) is 5.56 Å². The highest BCUT2D eigenvalue weighted by molar-refractivity contribution is 5.82. The Bertz CT molecular complexity index is 523. The molecule has 0 saturated carbocycles. The Balaban J connectivity index is 1.67. The Morgan fingerprint density at radius 3 is 2.77 bits per heavy atom. The van der Waals surface area contributed by atoms with Gasteiger partial charge in [-0.25, -0.2) is 4.39 Å². The second-order valence-corrected chi connectivity index (χ2v) is 5.70. The van der Waals surface area contributed by atoms with Gasteiger partial charge < -0.3 is 19.7 Å². The zero-order valence-corrected chi connectivity index (χ0v) is 12.6. The molecule has 1 aromatic rings. The monoisotopic (exact) mass is 308 g/mol. The second-order valence-electron chi connectivity index (χ2n) is 5.70. The Kier molecular flexibility index (Phi) is 4.71. The van der Waals surface area contributed by atoms with Crippen molar-refractivity contribution in [2.24, 2.45) is 0 Å². The molecule has 1 amide bonds. The normalized spacial score (nSPS) is 29.4. The van der Waals surface area contributed by atoms with E-state index < -0.39 is 0 Å². The van der Waals surface area contributed by atoms with Gasteiger partial charge in [0.2, 0.25) is 5.91 Å². The predicted octanol–water partition coefficient (Wildman–Crippen LogP) is 1.10. The quantitative estimate of drug-likeness (QED) is 0.889. The van der Waals surface area contributed by atoms with Crippen LogP contribution in [0.15, 0.2) is 24.3 Å². The molecule has 0 spiro atoms. The SMILES string of the molecule is C[C@H]1OCCN[C@@H]1C(=O)N1CCOC(c2ccc(F)cc2)C1. The minimum atomic E-state index is -0.305. The van der Waals surface area contributed by atoms with Crippen molar-refractivity contribution in [3.05, 3.63) is 35.6 Å². The fraction of sp³-hybridized carbons (Fsp3) is 0.562. The van der Waals surface area contributed by atoms with Crippen LogP contribution in [0.5, 0.6) is 0 Å². The molecule has 2 fully saturated rings. The van der Waals surface area contributed by atoms with E-state index in [2.05, 4.69) is 5.32 Å². The molecule has 3 rings (SSSR count). The van der Waals surface area contributed by atoms with Crippen LogP contribution in [0.25, 0.3) is 0 Å².